The average Bonchev–Trinajstić information content (AvgIpc) is 3.40. The van der Waals surface area contributed by atoms with Crippen LogP contribution in [0.5, 0.6) is 0 Å². The van der Waals surface area contributed by atoms with E-state index < -0.39 is 6.04 Å². The van der Waals surface area contributed by atoms with Crippen LogP contribution >= 0.6 is 0 Å². The smallest absolute Gasteiger partial charge is 0.253 e. The van der Waals surface area contributed by atoms with Crippen LogP contribution in [-0.4, -0.2) is 41.0 Å². The Balaban J connectivity index is 1.49. The van der Waals surface area contributed by atoms with Crippen molar-refractivity contribution in [3.63, 3.8) is 0 Å². The molecule has 3 atom stereocenters. The monoisotopic (exact) mass is 383 g/mol. The van der Waals surface area contributed by atoms with Gasteiger partial charge in [0.1, 0.15) is 6.04 Å². The minimum Gasteiger partial charge on any atom is -0.274 e. The van der Waals surface area contributed by atoms with Gasteiger partial charge in [-0.1, -0.05) is 66.7 Å². The number of anilines is 1. The highest BCUT2D eigenvalue weighted by Crippen LogP contribution is 2.49. The standard InChI is InChI=1S/C24H21N3O2/c28-23-20-21(17-9-2-1-3-10-17)25-14-7-15-26(25)22(20)24(29)27(23)19-13-6-11-16-8-4-5-12-18(16)19/h1-6,8-13,20-22H,7,14-15H2/t20-,21+,22-/m0/s1. The molecule has 5 heteroatoms. The molecule has 0 saturated carbocycles. The van der Waals surface area contributed by atoms with E-state index in [0.29, 0.717) is 5.69 Å². The summed E-state index contributed by atoms with van der Waals surface area (Å²) in [5, 5.41) is 6.37. The van der Waals surface area contributed by atoms with E-state index in [1.807, 2.05) is 60.7 Å². The maximum absolute atomic E-state index is 13.7. The van der Waals surface area contributed by atoms with Crippen LogP contribution in [0.1, 0.15) is 18.0 Å². The molecule has 3 aromatic rings. The lowest BCUT2D eigenvalue weighted by atomic mass is 9.90. The molecule has 0 spiro atoms. The molecule has 3 aliphatic heterocycles. The number of fused-ring (bicyclic) bond motifs is 4. The van der Waals surface area contributed by atoms with Gasteiger partial charge in [-0.3, -0.25) is 9.59 Å². The minimum absolute atomic E-state index is 0.0832. The van der Waals surface area contributed by atoms with Crippen molar-refractivity contribution in [3.05, 3.63) is 78.4 Å². The highest BCUT2D eigenvalue weighted by Gasteiger charge is 2.62. The minimum atomic E-state index is -0.408. The number of hydrogen-bond acceptors (Lipinski definition) is 4. The van der Waals surface area contributed by atoms with E-state index in [-0.39, 0.29) is 23.8 Å². The number of carbonyl (C=O) groups is 2. The Kier molecular flexibility index (Phi) is 3.63. The molecular formula is C24H21N3O2. The Morgan fingerprint density at radius 1 is 0.690 bits per heavy atom. The van der Waals surface area contributed by atoms with Crippen molar-refractivity contribution in [1.82, 2.24) is 10.0 Å². The Labute approximate surface area is 169 Å². The molecule has 3 saturated heterocycles. The summed E-state index contributed by atoms with van der Waals surface area (Å²) in [5.41, 5.74) is 1.80. The van der Waals surface area contributed by atoms with Gasteiger partial charge in [-0.2, -0.15) is 0 Å². The Bertz CT molecular complexity index is 1120. The molecule has 2 amide bonds. The van der Waals surface area contributed by atoms with Gasteiger partial charge in [-0.05, 0) is 23.4 Å². The summed E-state index contributed by atoms with van der Waals surface area (Å²) in [7, 11) is 0. The lowest BCUT2D eigenvalue weighted by molar-refractivity contribution is -0.126. The third-order valence-corrected chi connectivity index (χ3v) is 6.55. The van der Waals surface area contributed by atoms with E-state index in [1.54, 1.807) is 0 Å². The fourth-order valence-corrected chi connectivity index (χ4v) is 5.40. The second-order valence-electron chi connectivity index (χ2n) is 8.02. The number of rotatable bonds is 2. The lowest BCUT2D eigenvalue weighted by Gasteiger charge is -2.30. The summed E-state index contributed by atoms with van der Waals surface area (Å²) < 4.78 is 0. The van der Waals surface area contributed by atoms with Crippen molar-refractivity contribution in [2.45, 2.75) is 18.5 Å². The maximum atomic E-state index is 13.7. The van der Waals surface area contributed by atoms with Crippen LogP contribution in [0.25, 0.3) is 10.8 Å². The Morgan fingerprint density at radius 3 is 2.21 bits per heavy atom. The largest absolute Gasteiger partial charge is 0.274 e. The van der Waals surface area contributed by atoms with Crippen LogP contribution in [0.3, 0.4) is 0 Å². The number of benzene rings is 3. The number of amides is 2. The van der Waals surface area contributed by atoms with E-state index >= 15 is 0 Å². The molecule has 0 N–H and O–H groups in total. The van der Waals surface area contributed by atoms with Crippen molar-refractivity contribution in [2.24, 2.45) is 5.92 Å². The van der Waals surface area contributed by atoms with Crippen molar-refractivity contribution in [2.75, 3.05) is 18.0 Å². The van der Waals surface area contributed by atoms with Gasteiger partial charge >= 0.3 is 0 Å². The molecule has 3 aromatic carbocycles. The summed E-state index contributed by atoms with van der Waals surface area (Å²) in [4.78, 5) is 28.8. The van der Waals surface area contributed by atoms with Crippen LogP contribution in [0, 0.1) is 5.92 Å². The van der Waals surface area contributed by atoms with Gasteiger partial charge in [0.05, 0.1) is 17.6 Å². The molecule has 3 aliphatic rings. The zero-order valence-corrected chi connectivity index (χ0v) is 15.9. The number of nitrogens with zero attached hydrogens (tertiary/aromatic N) is 3. The topological polar surface area (TPSA) is 43.9 Å². The number of imide groups is 1. The van der Waals surface area contributed by atoms with E-state index in [9.17, 15) is 9.59 Å². The van der Waals surface area contributed by atoms with Gasteiger partial charge < -0.3 is 0 Å². The Morgan fingerprint density at radius 2 is 1.38 bits per heavy atom. The third-order valence-electron chi connectivity index (χ3n) is 6.55. The fraction of sp³-hybridized carbons (Fsp3) is 0.250. The van der Waals surface area contributed by atoms with Crippen LogP contribution in [-0.2, 0) is 9.59 Å². The highest BCUT2D eigenvalue weighted by atomic mass is 16.2. The van der Waals surface area contributed by atoms with E-state index in [0.717, 1.165) is 35.8 Å². The van der Waals surface area contributed by atoms with Gasteiger partial charge in [-0.15, -0.1) is 0 Å². The number of hydrazine groups is 1. The molecule has 0 unspecified atom stereocenters. The predicted octanol–water partition coefficient (Wildman–Crippen LogP) is 3.38. The maximum Gasteiger partial charge on any atom is 0.253 e. The number of hydrogen-bond donors (Lipinski definition) is 0. The summed E-state index contributed by atoms with van der Waals surface area (Å²) in [6.45, 7) is 1.72. The van der Waals surface area contributed by atoms with Gasteiger partial charge in [0, 0.05) is 18.5 Å². The molecule has 144 valence electrons. The summed E-state index contributed by atoms with van der Waals surface area (Å²) in [5.74, 6) is -0.551. The van der Waals surface area contributed by atoms with Gasteiger partial charge in [-0.25, -0.2) is 14.9 Å². The fourth-order valence-electron chi connectivity index (χ4n) is 5.40. The normalized spacial score (nSPS) is 27.0. The number of carbonyl (C=O) groups excluding carboxylic acids is 2. The Hall–Kier alpha value is -3.02. The van der Waals surface area contributed by atoms with Crippen LogP contribution in [0.15, 0.2) is 72.8 Å². The second kappa shape index (κ2) is 6.24. The molecule has 0 aliphatic carbocycles. The first kappa shape index (κ1) is 16.9. The average molecular weight is 383 g/mol. The molecule has 3 heterocycles. The molecular weight excluding hydrogens is 362 g/mol. The third kappa shape index (κ3) is 2.29. The van der Waals surface area contributed by atoms with Crippen LogP contribution in [0.4, 0.5) is 5.69 Å². The first-order valence-corrected chi connectivity index (χ1v) is 10.2. The molecule has 3 fully saturated rings. The SMILES string of the molecule is O=C1[C@@H]2[C@@H](C(=O)N1c1cccc3ccccc13)N1CCCN1[C@@H]2c1ccccc1. The van der Waals surface area contributed by atoms with Crippen molar-refractivity contribution < 1.29 is 9.59 Å². The summed E-state index contributed by atoms with van der Waals surface area (Å²) in [6.07, 6.45) is 1.02. The van der Waals surface area contributed by atoms with Gasteiger partial charge in [0.2, 0.25) is 5.91 Å². The first-order valence-electron chi connectivity index (χ1n) is 10.2. The molecule has 0 bridgehead atoms. The van der Waals surface area contributed by atoms with Crippen molar-refractivity contribution in [3.8, 4) is 0 Å². The zero-order valence-electron chi connectivity index (χ0n) is 15.9. The lowest BCUT2D eigenvalue weighted by Crippen LogP contribution is -2.44. The van der Waals surface area contributed by atoms with Gasteiger partial charge in [0.25, 0.3) is 5.91 Å². The summed E-state index contributed by atoms with van der Waals surface area (Å²) in [6, 6.07) is 23.4. The van der Waals surface area contributed by atoms with E-state index in [2.05, 4.69) is 22.2 Å². The second-order valence-corrected chi connectivity index (χ2v) is 8.02. The molecule has 0 radical (unpaired) electrons. The first-order chi connectivity index (χ1) is 14.3. The molecule has 6 rings (SSSR count). The van der Waals surface area contributed by atoms with Crippen molar-refractivity contribution in [1.29, 1.82) is 0 Å². The highest BCUT2D eigenvalue weighted by molar-refractivity contribution is 6.26. The van der Waals surface area contributed by atoms with Crippen LogP contribution < -0.4 is 4.90 Å². The summed E-state index contributed by atoms with van der Waals surface area (Å²) >= 11 is 0. The zero-order chi connectivity index (χ0) is 19.5. The quantitative estimate of drug-likeness (QED) is 0.637. The molecule has 29 heavy (non-hydrogen) atoms. The molecule has 5 nitrogen and oxygen atoms in total. The molecule has 0 aromatic heterocycles. The van der Waals surface area contributed by atoms with Crippen molar-refractivity contribution >= 4 is 28.3 Å². The predicted molar refractivity (Wildman–Crippen MR) is 111 cm³/mol. The van der Waals surface area contributed by atoms with E-state index in [1.165, 1.54) is 4.90 Å². The van der Waals surface area contributed by atoms with Crippen LogP contribution in [0.2, 0.25) is 0 Å². The van der Waals surface area contributed by atoms with Gasteiger partial charge in [0.15, 0.2) is 0 Å². The van der Waals surface area contributed by atoms with E-state index in [4.69, 9.17) is 0 Å².